The summed E-state index contributed by atoms with van der Waals surface area (Å²) in [5, 5.41) is 2.90. The molecule has 0 radical (unpaired) electrons. The molecule has 1 aromatic heterocycles. The molecule has 0 unspecified atom stereocenters. The van der Waals surface area contributed by atoms with Gasteiger partial charge in [-0.05, 0) is 49.1 Å². The van der Waals surface area contributed by atoms with Gasteiger partial charge in [0.2, 0.25) is 15.9 Å². The molecule has 1 saturated carbocycles. The number of rotatable bonds is 3. The van der Waals surface area contributed by atoms with Crippen LogP contribution in [0.1, 0.15) is 25.7 Å². The third-order valence-electron chi connectivity index (χ3n) is 7.60. The van der Waals surface area contributed by atoms with Crippen molar-refractivity contribution in [2.45, 2.75) is 25.7 Å². The van der Waals surface area contributed by atoms with E-state index in [1.165, 1.54) is 10.6 Å². The van der Waals surface area contributed by atoms with Crippen LogP contribution in [0.15, 0.2) is 24.5 Å². The molecule has 9 nitrogen and oxygen atoms in total. The Bertz CT molecular complexity index is 959. The SMILES string of the molecule is CN(C)C(=O)[C@@]12CCC3(CCN(C(=O)Nc4ccncc4)CC3)[C@@H]1CN(S(C)(=O)=O)C2. The van der Waals surface area contributed by atoms with Crippen LogP contribution in [0.25, 0.3) is 0 Å². The number of fused-ring (bicyclic) bond motifs is 2. The van der Waals surface area contributed by atoms with E-state index in [0.717, 1.165) is 19.3 Å². The van der Waals surface area contributed by atoms with Gasteiger partial charge in [0.05, 0.1) is 11.7 Å². The lowest BCUT2D eigenvalue weighted by Crippen LogP contribution is -2.50. The summed E-state index contributed by atoms with van der Waals surface area (Å²) in [5.41, 5.74) is -0.0663. The number of piperidine rings is 1. The number of nitrogens with zero attached hydrogens (tertiary/aromatic N) is 4. The van der Waals surface area contributed by atoms with Gasteiger partial charge in [0.25, 0.3) is 0 Å². The maximum absolute atomic E-state index is 13.2. The van der Waals surface area contributed by atoms with E-state index in [1.54, 1.807) is 43.5 Å². The van der Waals surface area contributed by atoms with Crippen LogP contribution in [0.5, 0.6) is 0 Å². The molecular formula is C21H31N5O4S. The van der Waals surface area contributed by atoms with E-state index >= 15 is 0 Å². The lowest BCUT2D eigenvalue weighted by atomic mass is 9.65. The van der Waals surface area contributed by atoms with Gasteiger partial charge in [-0.1, -0.05) is 0 Å². The Balaban J connectivity index is 1.51. The van der Waals surface area contributed by atoms with Crippen LogP contribution in [-0.4, -0.2) is 86.0 Å². The van der Waals surface area contributed by atoms with Crippen molar-refractivity contribution in [3.05, 3.63) is 24.5 Å². The van der Waals surface area contributed by atoms with Gasteiger partial charge in [-0.25, -0.2) is 17.5 Å². The summed E-state index contributed by atoms with van der Waals surface area (Å²) in [6, 6.07) is 3.36. The molecule has 3 heterocycles. The molecule has 0 bridgehead atoms. The van der Waals surface area contributed by atoms with Crippen LogP contribution in [0, 0.1) is 16.7 Å². The molecule has 1 spiro atoms. The zero-order chi connectivity index (χ0) is 22.4. The monoisotopic (exact) mass is 449 g/mol. The zero-order valence-electron chi connectivity index (χ0n) is 18.4. The molecule has 170 valence electrons. The Morgan fingerprint density at radius 3 is 2.35 bits per heavy atom. The van der Waals surface area contributed by atoms with Crippen LogP contribution in [0.4, 0.5) is 10.5 Å². The molecule has 31 heavy (non-hydrogen) atoms. The van der Waals surface area contributed by atoms with Crippen LogP contribution < -0.4 is 5.32 Å². The van der Waals surface area contributed by atoms with E-state index in [0.29, 0.717) is 31.7 Å². The predicted molar refractivity (Wildman–Crippen MR) is 117 cm³/mol. The van der Waals surface area contributed by atoms with Crippen molar-refractivity contribution in [1.82, 2.24) is 19.1 Å². The average Bonchev–Trinajstić information content (AvgIpc) is 3.26. The molecule has 4 rings (SSSR count). The first-order valence-corrected chi connectivity index (χ1v) is 12.6. The van der Waals surface area contributed by atoms with Gasteiger partial charge in [-0.3, -0.25) is 9.78 Å². The third kappa shape index (κ3) is 3.80. The van der Waals surface area contributed by atoms with Crippen LogP contribution in [0.2, 0.25) is 0 Å². The first-order valence-electron chi connectivity index (χ1n) is 10.7. The highest BCUT2D eigenvalue weighted by atomic mass is 32.2. The van der Waals surface area contributed by atoms with Crippen molar-refractivity contribution >= 4 is 27.6 Å². The second kappa shape index (κ2) is 7.74. The Kier molecular flexibility index (Phi) is 5.49. The van der Waals surface area contributed by atoms with E-state index in [2.05, 4.69) is 10.3 Å². The number of urea groups is 1. The first-order chi connectivity index (χ1) is 14.6. The quantitative estimate of drug-likeness (QED) is 0.753. The van der Waals surface area contributed by atoms with Gasteiger partial charge in [-0.2, -0.15) is 0 Å². The Hall–Kier alpha value is -2.20. The largest absolute Gasteiger partial charge is 0.348 e. The fourth-order valence-electron chi connectivity index (χ4n) is 5.96. The molecular weight excluding hydrogens is 418 g/mol. The summed E-state index contributed by atoms with van der Waals surface area (Å²) in [4.78, 5) is 33.3. The van der Waals surface area contributed by atoms with Crippen molar-refractivity contribution in [3.8, 4) is 0 Å². The number of hydrogen-bond donors (Lipinski definition) is 1. The molecule has 3 fully saturated rings. The number of carbonyl (C=O) groups is 2. The fraction of sp³-hybridized carbons (Fsp3) is 0.667. The number of nitrogens with one attached hydrogen (secondary N) is 1. The Labute approximate surface area is 183 Å². The third-order valence-corrected chi connectivity index (χ3v) is 8.82. The minimum Gasteiger partial charge on any atom is -0.348 e. The molecule has 2 saturated heterocycles. The van der Waals surface area contributed by atoms with Crippen molar-refractivity contribution in [2.24, 2.45) is 16.7 Å². The van der Waals surface area contributed by atoms with Crippen molar-refractivity contribution in [1.29, 1.82) is 0 Å². The van der Waals surface area contributed by atoms with Crippen LogP contribution in [-0.2, 0) is 14.8 Å². The van der Waals surface area contributed by atoms with Gasteiger partial charge in [0, 0.05) is 58.4 Å². The molecule has 1 aromatic rings. The van der Waals surface area contributed by atoms with Crippen molar-refractivity contribution < 1.29 is 18.0 Å². The smallest absolute Gasteiger partial charge is 0.321 e. The number of sulfonamides is 1. The summed E-state index contributed by atoms with van der Waals surface area (Å²) in [7, 11) is 0.116. The lowest BCUT2D eigenvalue weighted by Gasteiger charge is -2.44. The van der Waals surface area contributed by atoms with Gasteiger partial charge in [0.15, 0.2) is 0 Å². The second-order valence-corrected chi connectivity index (χ2v) is 11.5. The van der Waals surface area contributed by atoms with Crippen molar-refractivity contribution in [2.75, 3.05) is 51.8 Å². The van der Waals surface area contributed by atoms with Crippen LogP contribution in [0.3, 0.4) is 0 Å². The van der Waals surface area contributed by atoms with Crippen LogP contribution >= 0.6 is 0 Å². The number of carbonyl (C=O) groups excluding carboxylic acids is 2. The fourth-order valence-corrected chi connectivity index (χ4v) is 6.84. The Morgan fingerprint density at radius 1 is 1.13 bits per heavy atom. The van der Waals surface area contributed by atoms with E-state index < -0.39 is 15.4 Å². The van der Waals surface area contributed by atoms with E-state index in [4.69, 9.17) is 0 Å². The Morgan fingerprint density at radius 2 is 1.77 bits per heavy atom. The van der Waals surface area contributed by atoms with Gasteiger partial charge in [-0.15, -0.1) is 0 Å². The van der Waals surface area contributed by atoms with E-state index in [1.807, 2.05) is 4.90 Å². The number of aromatic nitrogens is 1. The second-order valence-electron chi connectivity index (χ2n) is 9.48. The zero-order valence-corrected chi connectivity index (χ0v) is 19.2. The highest BCUT2D eigenvalue weighted by molar-refractivity contribution is 7.88. The average molecular weight is 450 g/mol. The molecule has 2 aliphatic heterocycles. The summed E-state index contributed by atoms with van der Waals surface area (Å²) >= 11 is 0. The molecule has 1 aliphatic carbocycles. The topological polar surface area (TPSA) is 103 Å². The molecule has 3 aliphatic rings. The lowest BCUT2D eigenvalue weighted by molar-refractivity contribution is -0.141. The predicted octanol–water partition coefficient (Wildman–Crippen LogP) is 1.46. The maximum Gasteiger partial charge on any atom is 0.321 e. The number of anilines is 1. The molecule has 10 heteroatoms. The number of hydrogen-bond acceptors (Lipinski definition) is 5. The van der Waals surface area contributed by atoms with E-state index in [9.17, 15) is 18.0 Å². The highest BCUT2D eigenvalue weighted by Crippen LogP contribution is 2.62. The van der Waals surface area contributed by atoms with E-state index in [-0.39, 0.29) is 29.8 Å². The van der Waals surface area contributed by atoms with Gasteiger partial charge >= 0.3 is 6.03 Å². The van der Waals surface area contributed by atoms with Gasteiger partial charge < -0.3 is 15.1 Å². The summed E-state index contributed by atoms with van der Waals surface area (Å²) in [6.45, 7) is 1.85. The minimum absolute atomic E-state index is 0.0185. The highest BCUT2D eigenvalue weighted by Gasteiger charge is 2.65. The van der Waals surface area contributed by atoms with Gasteiger partial charge in [0.1, 0.15) is 0 Å². The molecule has 3 amide bonds. The van der Waals surface area contributed by atoms with Crippen molar-refractivity contribution in [3.63, 3.8) is 0 Å². The molecule has 0 aromatic carbocycles. The number of likely N-dealkylation sites (tertiary alicyclic amines) is 1. The summed E-state index contributed by atoms with van der Waals surface area (Å²) in [5.74, 6) is 0.00780. The normalized spacial score (nSPS) is 27.8. The maximum atomic E-state index is 13.2. The first kappa shape index (κ1) is 22.0. The number of amides is 3. The summed E-state index contributed by atoms with van der Waals surface area (Å²) < 4.78 is 26.1. The summed E-state index contributed by atoms with van der Waals surface area (Å²) in [6.07, 6.45) is 7.64. The number of pyridine rings is 1. The molecule has 2 atom stereocenters. The standard InChI is InChI=1S/C21H31N5O4S/c1-24(2)18(27)21-7-6-20(17(21)14-26(15-21)31(3,29)30)8-12-25(13-9-20)19(28)23-16-4-10-22-11-5-16/h4-5,10-11,17H,6-9,12-15H2,1-3H3,(H,22,23,28)/t17-,21+/m0/s1. The molecule has 1 N–H and O–H groups in total. The minimum atomic E-state index is -3.37.